The molecule has 4 heteroatoms. The van der Waals surface area contributed by atoms with Gasteiger partial charge in [-0.15, -0.1) is 0 Å². The van der Waals surface area contributed by atoms with E-state index in [4.69, 9.17) is 11.0 Å². The Hall–Kier alpha value is -1.99. The number of rotatable bonds is 2. The minimum Gasteiger partial charge on any atom is -0.397 e. The Balaban J connectivity index is 2.40. The molecular weight excluding hydrogens is 290 g/mol. The van der Waals surface area contributed by atoms with Crippen molar-refractivity contribution in [2.45, 2.75) is 6.92 Å². The molecule has 0 saturated carbocycles. The predicted molar refractivity (Wildman–Crippen MR) is 77.7 cm³/mol. The maximum absolute atomic E-state index is 8.89. The van der Waals surface area contributed by atoms with Gasteiger partial charge in [0.15, 0.2) is 0 Å². The Kier molecular flexibility index (Phi) is 3.54. The van der Waals surface area contributed by atoms with Gasteiger partial charge in [-0.3, -0.25) is 0 Å². The van der Waals surface area contributed by atoms with Gasteiger partial charge in [-0.25, -0.2) is 0 Å². The molecule has 0 saturated heterocycles. The number of nitrogen functional groups attached to an aromatic ring is 1. The Morgan fingerprint density at radius 3 is 2.72 bits per heavy atom. The molecule has 0 aliphatic rings. The first-order chi connectivity index (χ1) is 8.61. The van der Waals surface area contributed by atoms with Crippen LogP contribution in [0.25, 0.3) is 0 Å². The molecule has 0 amide bonds. The Morgan fingerprint density at radius 1 is 1.22 bits per heavy atom. The highest BCUT2D eigenvalue weighted by Gasteiger charge is 2.05. The second-order valence-electron chi connectivity index (χ2n) is 3.95. The van der Waals surface area contributed by atoms with Gasteiger partial charge >= 0.3 is 0 Å². The third-order valence-electron chi connectivity index (χ3n) is 2.72. The van der Waals surface area contributed by atoms with Crippen molar-refractivity contribution < 1.29 is 0 Å². The summed E-state index contributed by atoms with van der Waals surface area (Å²) < 4.78 is 1.03. The molecule has 0 aliphatic heterocycles. The van der Waals surface area contributed by atoms with Crippen molar-refractivity contribution >= 4 is 33.0 Å². The molecule has 0 unspecified atom stereocenters. The maximum Gasteiger partial charge on any atom is 0.0992 e. The van der Waals surface area contributed by atoms with E-state index in [1.165, 1.54) is 0 Å². The van der Waals surface area contributed by atoms with Gasteiger partial charge in [0.05, 0.1) is 23.0 Å². The van der Waals surface area contributed by atoms with E-state index >= 15 is 0 Å². The van der Waals surface area contributed by atoms with Crippen molar-refractivity contribution in [1.29, 1.82) is 5.26 Å². The lowest BCUT2D eigenvalue weighted by molar-refractivity contribution is 1.40. The van der Waals surface area contributed by atoms with Crippen molar-refractivity contribution in [2.75, 3.05) is 11.1 Å². The highest BCUT2D eigenvalue weighted by Crippen LogP contribution is 2.29. The van der Waals surface area contributed by atoms with E-state index in [1.54, 1.807) is 18.2 Å². The fraction of sp³-hybridized carbons (Fsp3) is 0.0714. The lowest BCUT2D eigenvalue weighted by Crippen LogP contribution is -1.98. The van der Waals surface area contributed by atoms with Gasteiger partial charge in [0.2, 0.25) is 0 Å². The molecular formula is C14H12BrN3. The molecule has 0 fully saturated rings. The zero-order chi connectivity index (χ0) is 13.1. The Morgan fingerprint density at radius 2 is 2.00 bits per heavy atom. The third kappa shape index (κ3) is 2.47. The van der Waals surface area contributed by atoms with Crippen LogP contribution in [0, 0.1) is 18.3 Å². The average molecular weight is 302 g/mol. The van der Waals surface area contributed by atoms with Crippen molar-refractivity contribution in [3.8, 4) is 6.07 Å². The molecule has 18 heavy (non-hydrogen) atoms. The second-order valence-corrected chi connectivity index (χ2v) is 4.81. The summed E-state index contributed by atoms with van der Waals surface area (Å²) in [5.41, 5.74) is 9.90. The van der Waals surface area contributed by atoms with E-state index in [9.17, 15) is 0 Å². The normalized spacial score (nSPS) is 9.83. The van der Waals surface area contributed by atoms with Gasteiger partial charge in [0.25, 0.3) is 0 Å². The summed E-state index contributed by atoms with van der Waals surface area (Å²) in [7, 11) is 0. The maximum atomic E-state index is 8.89. The zero-order valence-corrected chi connectivity index (χ0v) is 11.5. The summed E-state index contributed by atoms with van der Waals surface area (Å²) >= 11 is 3.48. The van der Waals surface area contributed by atoms with Crippen LogP contribution in [0.1, 0.15) is 11.1 Å². The molecule has 0 aliphatic carbocycles. The largest absolute Gasteiger partial charge is 0.397 e. The SMILES string of the molecule is Cc1c(Br)cccc1Nc1cc(C#N)ccc1N. The molecule has 0 atom stereocenters. The first-order valence-electron chi connectivity index (χ1n) is 5.43. The predicted octanol–water partition coefficient (Wildman–Crippen LogP) is 3.96. The smallest absolute Gasteiger partial charge is 0.0992 e. The van der Waals surface area contributed by atoms with Crippen LogP contribution in [0.2, 0.25) is 0 Å². The van der Waals surface area contributed by atoms with E-state index in [-0.39, 0.29) is 0 Å². The number of hydrogen-bond acceptors (Lipinski definition) is 3. The number of nitrogens with zero attached hydrogens (tertiary/aromatic N) is 1. The molecule has 0 heterocycles. The summed E-state index contributed by atoms with van der Waals surface area (Å²) in [6, 6.07) is 13.2. The fourth-order valence-corrected chi connectivity index (χ4v) is 1.99. The van der Waals surface area contributed by atoms with Crippen LogP contribution >= 0.6 is 15.9 Å². The van der Waals surface area contributed by atoms with Gasteiger partial charge in [-0.1, -0.05) is 22.0 Å². The monoisotopic (exact) mass is 301 g/mol. The van der Waals surface area contributed by atoms with Crippen LogP contribution in [0.3, 0.4) is 0 Å². The summed E-state index contributed by atoms with van der Waals surface area (Å²) in [6.45, 7) is 2.01. The molecule has 2 rings (SSSR count). The number of anilines is 3. The fourth-order valence-electron chi connectivity index (χ4n) is 1.62. The molecule has 0 spiro atoms. The minimum atomic E-state index is 0.583. The first kappa shape index (κ1) is 12.5. The summed E-state index contributed by atoms with van der Waals surface area (Å²) in [6.07, 6.45) is 0. The van der Waals surface area contributed by atoms with Crippen LogP contribution < -0.4 is 11.1 Å². The van der Waals surface area contributed by atoms with E-state index in [2.05, 4.69) is 27.3 Å². The molecule has 90 valence electrons. The van der Waals surface area contributed by atoms with Crippen molar-refractivity contribution in [3.63, 3.8) is 0 Å². The van der Waals surface area contributed by atoms with E-state index in [1.807, 2.05) is 25.1 Å². The van der Waals surface area contributed by atoms with Gasteiger partial charge < -0.3 is 11.1 Å². The number of hydrogen-bond donors (Lipinski definition) is 2. The number of nitrogens with one attached hydrogen (secondary N) is 1. The number of halogens is 1. The van der Waals surface area contributed by atoms with Gasteiger partial charge in [0.1, 0.15) is 0 Å². The van der Waals surface area contributed by atoms with Crippen LogP contribution in [0.15, 0.2) is 40.9 Å². The average Bonchev–Trinajstić information content (AvgIpc) is 2.37. The number of nitriles is 1. The second kappa shape index (κ2) is 5.11. The lowest BCUT2D eigenvalue weighted by Gasteiger charge is -2.12. The zero-order valence-electron chi connectivity index (χ0n) is 9.87. The topological polar surface area (TPSA) is 61.8 Å². The van der Waals surface area contributed by atoms with Crippen molar-refractivity contribution in [2.24, 2.45) is 0 Å². The summed E-state index contributed by atoms with van der Waals surface area (Å²) in [5.74, 6) is 0. The standard InChI is InChI=1S/C14H12BrN3/c1-9-11(15)3-2-4-13(9)18-14-7-10(8-16)5-6-12(14)17/h2-7,18H,17H2,1H3. The van der Waals surface area contributed by atoms with E-state index in [0.29, 0.717) is 11.3 Å². The molecule has 0 bridgehead atoms. The highest BCUT2D eigenvalue weighted by atomic mass is 79.9. The van der Waals surface area contributed by atoms with Gasteiger partial charge in [-0.2, -0.15) is 5.26 Å². The molecule has 0 radical (unpaired) electrons. The summed E-state index contributed by atoms with van der Waals surface area (Å²) in [4.78, 5) is 0. The quantitative estimate of drug-likeness (QED) is 0.826. The van der Waals surface area contributed by atoms with Gasteiger partial charge in [-0.05, 0) is 42.8 Å². The Bertz CT molecular complexity index is 629. The lowest BCUT2D eigenvalue weighted by atomic mass is 10.1. The van der Waals surface area contributed by atoms with Crippen LogP contribution in [-0.2, 0) is 0 Å². The minimum absolute atomic E-state index is 0.583. The van der Waals surface area contributed by atoms with Crippen molar-refractivity contribution in [1.82, 2.24) is 0 Å². The van der Waals surface area contributed by atoms with E-state index in [0.717, 1.165) is 21.4 Å². The van der Waals surface area contributed by atoms with Crippen molar-refractivity contribution in [3.05, 3.63) is 52.0 Å². The molecule has 2 aromatic carbocycles. The van der Waals surface area contributed by atoms with E-state index < -0.39 is 0 Å². The highest BCUT2D eigenvalue weighted by molar-refractivity contribution is 9.10. The van der Waals surface area contributed by atoms with Crippen LogP contribution in [-0.4, -0.2) is 0 Å². The Labute approximate surface area is 114 Å². The van der Waals surface area contributed by atoms with Gasteiger partial charge in [0, 0.05) is 10.2 Å². The van der Waals surface area contributed by atoms with Crippen LogP contribution in [0.4, 0.5) is 17.1 Å². The number of benzene rings is 2. The number of nitrogens with two attached hydrogens (primary N) is 1. The van der Waals surface area contributed by atoms with Crippen LogP contribution in [0.5, 0.6) is 0 Å². The third-order valence-corrected chi connectivity index (χ3v) is 3.58. The molecule has 3 nitrogen and oxygen atoms in total. The molecule has 2 aromatic rings. The summed E-state index contributed by atoms with van der Waals surface area (Å²) in [5, 5.41) is 12.1. The molecule has 0 aromatic heterocycles. The first-order valence-corrected chi connectivity index (χ1v) is 6.23. The molecule has 3 N–H and O–H groups in total.